The first kappa shape index (κ1) is 20.6. The summed E-state index contributed by atoms with van der Waals surface area (Å²) in [5.41, 5.74) is 2.76. The highest BCUT2D eigenvalue weighted by Gasteiger charge is 2.20. The lowest BCUT2D eigenvalue weighted by atomic mass is 10.2. The van der Waals surface area contributed by atoms with Gasteiger partial charge >= 0.3 is 0 Å². The van der Waals surface area contributed by atoms with Gasteiger partial charge in [-0.3, -0.25) is 10.1 Å². The highest BCUT2D eigenvalue weighted by molar-refractivity contribution is 7.14. The third-order valence-corrected chi connectivity index (χ3v) is 5.24. The van der Waals surface area contributed by atoms with Crippen LogP contribution in [0.2, 0.25) is 0 Å². The number of carbonyl (C=O) groups excluding carboxylic acids is 1. The van der Waals surface area contributed by atoms with E-state index >= 15 is 0 Å². The Bertz CT molecular complexity index is 1150. The number of hydrogen-bond donors (Lipinski definition) is 1. The van der Waals surface area contributed by atoms with Crippen LogP contribution in [0.25, 0.3) is 16.9 Å². The number of thiazole rings is 1. The van der Waals surface area contributed by atoms with E-state index in [0.717, 1.165) is 29.1 Å². The SMILES string of the molecule is CCCOc1ccc(-c2csc(NC(=O)c3nn(-c4ccccc4)cc3OC)n2)cc1. The molecule has 4 rings (SSSR count). The molecule has 158 valence electrons. The second kappa shape index (κ2) is 9.44. The molecule has 0 saturated heterocycles. The van der Waals surface area contributed by atoms with Gasteiger partial charge in [0.2, 0.25) is 0 Å². The number of nitrogens with zero attached hydrogens (tertiary/aromatic N) is 3. The molecule has 1 amide bonds. The third-order valence-electron chi connectivity index (χ3n) is 4.48. The standard InChI is InChI=1S/C23H22N4O3S/c1-3-13-30-18-11-9-16(10-12-18)19-15-31-23(24-19)25-22(28)21-20(29-2)14-27(26-21)17-7-5-4-6-8-17/h4-12,14-15H,3,13H2,1-2H3,(H,24,25,28). The molecule has 0 aliphatic carbocycles. The predicted octanol–water partition coefficient (Wildman–Crippen LogP) is 5.05. The summed E-state index contributed by atoms with van der Waals surface area (Å²) in [5, 5.41) is 9.59. The summed E-state index contributed by atoms with van der Waals surface area (Å²) in [7, 11) is 1.51. The molecule has 2 aromatic heterocycles. The van der Waals surface area contributed by atoms with Crippen molar-refractivity contribution in [3.8, 4) is 28.4 Å². The van der Waals surface area contributed by atoms with Gasteiger partial charge in [0.25, 0.3) is 5.91 Å². The van der Waals surface area contributed by atoms with Gasteiger partial charge in [-0.25, -0.2) is 9.67 Å². The second-order valence-corrected chi connectivity index (χ2v) is 7.55. The molecule has 0 radical (unpaired) electrons. The largest absolute Gasteiger partial charge is 0.494 e. The summed E-state index contributed by atoms with van der Waals surface area (Å²) < 4.78 is 12.6. The van der Waals surface area contributed by atoms with Gasteiger partial charge in [-0.15, -0.1) is 11.3 Å². The molecule has 0 spiro atoms. The van der Waals surface area contributed by atoms with Crippen molar-refractivity contribution in [2.45, 2.75) is 13.3 Å². The molecule has 0 fully saturated rings. The van der Waals surface area contributed by atoms with Crippen LogP contribution in [0.4, 0.5) is 5.13 Å². The molecule has 8 heteroatoms. The fraction of sp³-hybridized carbons (Fsp3) is 0.174. The molecule has 0 saturated carbocycles. The molecule has 7 nitrogen and oxygen atoms in total. The molecule has 0 bridgehead atoms. The summed E-state index contributed by atoms with van der Waals surface area (Å²) in [6, 6.07) is 17.3. The first-order chi connectivity index (χ1) is 15.2. The molecule has 2 heterocycles. The first-order valence-electron chi connectivity index (χ1n) is 9.87. The zero-order valence-corrected chi connectivity index (χ0v) is 18.1. The van der Waals surface area contributed by atoms with Gasteiger partial charge in [0, 0.05) is 10.9 Å². The molecular formula is C23H22N4O3S. The zero-order valence-electron chi connectivity index (χ0n) is 17.2. The zero-order chi connectivity index (χ0) is 21.6. The maximum Gasteiger partial charge on any atom is 0.281 e. The van der Waals surface area contributed by atoms with Crippen molar-refractivity contribution in [3.05, 3.63) is 71.9 Å². The fourth-order valence-corrected chi connectivity index (χ4v) is 3.65. The van der Waals surface area contributed by atoms with Gasteiger partial charge in [-0.1, -0.05) is 25.1 Å². The molecule has 0 atom stereocenters. The number of rotatable bonds is 8. The Morgan fingerprint density at radius 3 is 2.61 bits per heavy atom. The van der Waals surface area contributed by atoms with Crippen molar-refractivity contribution in [1.82, 2.24) is 14.8 Å². The van der Waals surface area contributed by atoms with Crippen molar-refractivity contribution in [1.29, 1.82) is 0 Å². The smallest absolute Gasteiger partial charge is 0.281 e. The Kier molecular flexibility index (Phi) is 6.28. The molecular weight excluding hydrogens is 412 g/mol. The molecule has 2 aromatic carbocycles. The maximum atomic E-state index is 12.8. The minimum atomic E-state index is -0.379. The Balaban J connectivity index is 1.49. The summed E-state index contributed by atoms with van der Waals surface area (Å²) in [5.74, 6) is 0.840. The number of carbonyl (C=O) groups is 1. The summed E-state index contributed by atoms with van der Waals surface area (Å²) in [6.45, 7) is 2.76. The van der Waals surface area contributed by atoms with Crippen LogP contribution in [0.3, 0.4) is 0 Å². The van der Waals surface area contributed by atoms with Crippen molar-refractivity contribution < 1.29 is 14.3 Å². The van der Waals surface area contributed by atoms with Gasteiger partial charge in [0.15, 0.2) is 16.6 Å². The fourth-order valence-electron chi connectivity index (χ4n) is 2.94. The number of methoxy groups -OCH3 is 1. The highest BCUT2D eigenvalue weighted by atomic mass is 32.1. The van der Waals surface area contributed by atoms with Crippen molar-refractivity contribution in [2.75, 3.05) is 19.0 Å². The van der Waals surface area contributed by atoms with Gasteiger partial charge < -0.3 is 9.47 Å². The molecule has 1 N–H and O–H groups in total. The van der Waals surface area contributed by atoms with E-state index in [4.69, 9.17) is 9.47 Å². The van der Waals surface area contributed by atoms with Crippen LogP contribution >= 0.6 is 11.3 Å². The Labute approximate surface area is 184 Å². The molecule has 4 aromatic rings. The maximum absolute atomic E-state index is 12.8. The van der Waals surface area contributed by atoms with Crippen LogP contribution in [0, 0.1) is 0 Å². The van der Waals surface area contributed by atoms with E-state index in [1.165, 1.54) is 18.4 Å². The lowest BCUT2D eigenvalue weighted by Crippen LogP contribution is -2.14. The predicted molar refractivity (Wildman–Crippen MR) is 121 cm³/mol. The van der Waals surface area contributed by atoms with Gasteiger partial charge in [0.1, 0.15) is 5.75 Å². The van der Waals surface area contributed by atoms with Crippen LogP contribution in [0.5, 0.6) is 11.5 Å². The Morgan fingerprint density at radius 1 is 1.13 bits per heavy atom. The third kappa shape index (κ3) is 4.75. The minimum absolute atomic E-state index is 0.195. The number of hydrogen-bond acceptors (Lipinski definition) is 6. The quantitative estimate of drug-likeness (QED) is 0.420. The van der Waals surface area contributed by atoms with Crippen LogP contribution < -0.4 is 14.8 Å². The van der Waals surface area contributed by atoms with Crippen LogP contribution in [-0.2, 0) is 0 Å². The number of para-hydroxylation sites is 1. The minimum Gasteiger partial charge on any atom is -0.494 e. The van der Waals surface area contributed by atoms with E-state index in [1.807, 2.05) is 60.0 Å². The molecule has 0 aliphatic heterocycles. The lowest BCUT2D eigenvalue weighted by Gasteiger charge is -2.04. The topological polar surface area (TPSA) is 78.3 Å². The van der Waals surface area contributed by atoms with E-state index in [2.05, 4.69) is 22.3 Å². The summed E-state index contributed by atoms with van der Waals surface area (Å²) >= 11 is 1.35. The highest BCUT2D eigenvalue weighted by Crippen LogP contribution is 2.28. The number of amides is 1. The number of nitrogens with one attached hydrogen (secondary N) is 1. The van der Waals surface area contributed by atoms with Crippen LogP contribution in [0.15, 0.2) is 66.2 Å². The monoisotopic (exact) mass is 434 g/mol. The average molecular weight is 435 g/mol. The van der Waals surface area contributed by atoms with Crippen molar-refractivity contribution in [2.24, 2.45) is 0 Å². The normalized spacial score (nSPS) is 10.6. The van der Waals surface area contributed by atoms with E-state index in [0.29, 0.717) is 17.5 Å². The first-order valence-corrected chi connectivity index (χ1v) is 10.7. The molecule has 0 aliphatic rings. The average Bonchev–Trinajstić information content (AvgIpc) is 3.46. The van der Waals surface area contributed by atoms with Gasteiger partial charge in [-0.05, 0) is 42.8 Å². The summed E-state index contributed by atoms with van der Waals surface area (Å²) in [4.78, 5) is 17.3. The molecule has 0 unspecified atom stereocenters. The lowest BCUT2D eigenvalue weighted by molar-refractivity contribution is 0.101. The van der Waals surface area contributed by atoms with E-state index < -0.39 is 0 Å². The number of aromatic nitrogens is 3. The molecule has 31 heavy (non-hydrogen) atoms. The van der Waals surface area contributed by atoms with Crippen LogP contribution in [-0.4, -0.2) is 34.4 Å². The van der Waals surface area contributed by atoms with E-state index in [9.17, 15) is 4.79 Å². The Morgan fingerprint density at radius 2 is 1.90 bits per heavy atom. The number of ether oxygens (including phenoxy) is 2. The number of anilines is 1. The summed E-state index contributed by atoms with van der Waals surface area (Å²) in [6.07, 6.45) is 2.64. The van der Waals surface area contributed by atoms with E-state index in [1.54, 1.807) is 10.9 Å². The Hall–Kier alpha value is -3.65. The van der Waals surface area contributed by atoms with E-state index in [-0.39, 0.29) is 11.6 Å². The van der Waals surface area contributed by atoms with Crippen LogP contribution in [0.1, 0.15) is 23.8 Å². The van der Waals surface area contributed by atoms with Gasteiger partial charge in [0.05, 0.1) is 31.3 Å². The second-order valence-electron chi connectivity index (χ2n) is 6.69. The number of benzene rings is 2. The van der Waals surface area contributed by atoms with Gasteiger partial charge in [-0.2, -0.15) is 5.10 Å². The van der Waals surface area contributed by atoms with Crippen molar-refractivity contribution in [3.63, 3.8) is 0 Å². The van der Waals surface area contributed by atoms with Crippen molar-refractivity contribution >= 4 is 22.4 Å².